The number of carbonyl (C=O) groups is 2. The van der Waals surface area contributed by atoms with E-state index in [1.807, 2.05) is 13.8 Å². The molecule has 0 aliphatic carbocycles. The van der Waals surface area contributed by atoms with Gasteiger partial charge in [-0.25, -0.2) is 4.98 Å². The van der Waals surface area contributed by atoms with Crippen LogP contribution < -0.4 is 5.32 Å². The van der Waals surface area contributed by atoms with Crippen molar-refractivity contribution in [2.24, 2.45) is 11.8 Å². The highest BCUT2D eigenvalue weighted by Gasteiger charge is 2.18. The van der Waals surface area contributed by atoms with Crippen LogP contribution in [0.4, 0.5) is 0 Å². The van der Waals surface area contributed by atoms with E-state index in [-0.39, 0.29) is 34.8 Å². The summed E-state index contributed by atoms with van der Waals surface area (Å²) < 4.78 is 0. The molecule has 0 bridgehead atoms. The van der Waals surface area contributed by atoms with Gasteiger partial charge >= 0.3 is 5.97 Å². The maximum absolute atomic E-state index is 12.0. The lowest BCUT2D eigenvalue weighted by atomic mass is 9.94. The second-order valence-electron chi connectivity index (χ2n) is 5.27. The van der Waals surface area contributed by atoms with Crippen LogP contribution in [0, 0.1) is 11.8 Å². The van der Waals surface area contributed by atoms with Crippen LogP contribution in [-0.4, -0.2) is 28.5 Å². The zero-order valence-corrected chi connectivity index (χ0v) is 13.4. The van der Waals surface area contributed by atoms with Crippen molar-refractivity contribution in [2.75, 3.05) is 6.54 Å². The maximum atomic E-state index is 12.0. The summed E-state index contributed by atoms with van der Waals surface area (Å²) in [4.78, 5) is 26.7. The van der Waals surface area contributed by atoms with Gasteiger partial charge < -0.3 is 10.4 Å². The molecule has 1 atom stereocenters. The van der Waals surface area contributed by atoms with Crippen LogP contribution >= 0.6 is 23.2 Å². The van der Waals surface area contributed by atoms with E-state index in [1.54, 1.807) is 0 Å². The molecule has 1 rings (SSSR count). The Hall–Kier alpha value is -1.33. The van der Waals surface area contributed by atoms with E-state index in [0.717, 1.165) is 0 Å². The summed E-state index contributed by atoms with van der Waals surface area (Å²) in [6.07, 6.45) is 0.721. The lowest BCUT2D eigenvalue weighted by molar-refractivity contribution is -0.138. The predicted octanol–water partition coefficient (Wildman–Crippen LogP) is 3.26. The molecule has 1 heterocycles. The molecule has 21 heavy (non-hydrogen) atoms. The molecule has 2 N–H and O–H groups in total. The Morgan fingerprint density at radius 2 is 2.00 bits per heavy atom. The van der Waals surface area contributed by atoms with E-state index >= 15 is 0 Å². The summed E-state index contributed by atoms with van der Waals surface area (Å²) in [6, 6.07) is 2.99. The lowest BCUT2D eigenvalue weighted by Crippen LogP contribution is -2.31. The molecule has 1 amide bonds. The number of hydrogen-bond acceptors (Lipinski definition) is 3. The van der Waals surface area contributed by atoms with Gasteiger partial charge in [-0.1, -0.05) is 37.0 Å². The van der Waals surface area contributed by atoms with Crippen LogP contribution in [0.25, 0.3) is 0 Å². The molecular weight excluding hydrogens is 315 g/mol. The third-order valence-corrected chi connectivity index (χ3v) is 3.36. The number of nitrogens with one attached hydrogen (secondary N) is 1. The summed E-state index contributed by atoms with van der Waals surface area (Å²) >= 11 is 11.6. The fourth-order valence-corrected chi connectivity index (χ4v) is 2.39. The van der Waals surface area contributed by atoms with Crippen LogP contribution in [0.5, 0.6) is 0 Å². The average molecular weight is 333 g/mol. The minimum absolute atomic E-state index is 0.00909. The number of aromatic nitrogens is 1. The lowest BCUT2D eigenvalue weighted by Gasteiger charge is -2.17. The van der Waals surface area contributed by atoms with Crippen molar-refractivity contribution in [3.8, 4) is 0 Å². The number of nitrogens with zero attached hydrogens (tertiary/aromatic N) is 1. The zero-order valence-electron chi connectivity index (χ0n) is 11.9. The Kier molecular flexibility index (Phi) is 6.92. The fraction of sp³-hybridized carbons (Fsp3) is 0.500. The quantitative estimate of drug-likeness (QED) is 0.751. The molecule has 0 spiro atoms. The number of rotatable bonds is 7. The second kappa shape index (κ2) is 8.20. The highest BCUT2D eigenvalue weighted by Crippen LogP contribution is 2.18. The van der Waals surface area contributed by atoms with Crippen molar-refractivity contribution >= 4 is 35.1 Å². The standard InChI is InChI=1S/C14H18Cl2N2O3/c1-8(2)5-9(6-12(19)20)7-17-14(21)13-10(15)3-4-11(16)18-13/h3-4,8-9H,5-7H2,1-2H3,(H,17,21)(H,19,20)/t9-/m0/s1. The summed E-state index contributed by atoms with van der Waals surface area (Å²) in [5.74, 6) is -1.13. The molecule has 0 aliphatic heterocycles. The van der Waals surface area contributed by atoms with Crippen molar-refractivity contribution in [1.82, 2.24) is 10.3 Å². The molecule has 7 heteroatoms. The first kappa shape index (κ1) is 17.7. The normalized spacial score (nSPS) is 12.2. The van der Waals surface area contributed by atoms with E-state index in [0.29, 0.717) is 12.3 Å². The summed E-state index contributed by atoms with van der Waals surface area (Å²) in [6.45, 7) is 4.27. The SMILES string of the molecule is CC(C)C[C@H](CNC(=O)c1nc(Cl)ccc1Cl)CC(=O)O. The Morgan fingerprint density at radius 1 is 1.33 bits per heavy atom. The Labute approximate surface area is 133 Å². The minimum Gasteiger partial charge on any atom is -0.481 e. The van der Waals surface area contributed by atoms with Gasteiger partial charge in [-0.2, -0.15) is 0 Å². The number of pyridine rings is 1. The van der Waals surface area contributed by atoms with Gasteiger partial charge in [0.1, 0.15) is 10.8 Å². The second-order valence-corrected chi connectivity index (χ2v) is 6.06. The van der Waals surface area contributed by atoms with Gasteiger partial charge in [0.05, 0.1) is 5.02 Å². The summed E-state index contributed by atoms with van der Waals surface area (Å²) in [7, 11) is 0. The molecule has 0 fully saturated rings. The number of hydrogen-bond donors (Lipinski definition) is 2. The van der Waals surface area contributed by atoms with Crippen molar-refractivity contribution in [1.29, 1.82) is 0 Å². The molecule has 5 nitrogen and oxygen atoms in total. The van der Waals surface area contributed by atoms with Crippen LogP contribution in [0.3, 0.4) is 0 Å². The highest BCUT2D eigenvalue weighted by molar-refractivity contribution is 6.34. The van der Waals surface area contributed by atoms with Gasteiger partial charge in [0.15, 0.2) is 0 Å². The van der Waals surface area contributed by atoms with Crippen LogP contribution in [0.2, 0.25) is 10.2 Å². The third kappa shape index (κ3) is 6.31. The first-order valence-corrected chi connectivity index (χ1v) is 7.37. The fourth-order valence-electron chi connectivity index (χ4n) is 2.05. The van der Waals surface area contributed by atoms with Crippen molar-refractivity contribution in [3.63, 3.8) is 0 Å². The molecule has 116 valence electrons. The first-order valence-electron chi connectivity index (χ1n) is 6.61. The Bertz CT molecular complexity index is 521. The van der Waals surface area contributed by atoms with Crippen molar-refractivity contribution < 1.29 is 14.7 Å². The maximum Gasteiger partial charge on any atom is 0.303 e. The number of carboxylic acid groups (broad SMARTS) is 1. The Morgan fingerprint density at radius 3 is 2.57 bits per heavy atom. The summed E-state index contributed by atoms with van der Waals surface area (Å²) in [5.41, 5.74) is 0.0442. The molecule has 0 aromatic carbocycles. The zero-order chi connectivity index (χ0) is 16.0. The van der Waals surface area contributed by atoms with Gasteiger partial charge in [-0.05, 0) is 30.4 Å². The molecule has 0 unspecified atom stereocenters. The molecule has 1 aromatic rings. The van der Waals surface area contributed by atoms with E-state index in [1.165, 1.54) is 12.1 Å². The molecule has 0 saturated carbocycles. The number of amides is 1. The predicted molar refractivity (Wildman–Crippen MR) is 81.8 cm³/mol. The molecular formula is C14H18Cl2N2O3. The van der Waals surface area contributed by atoms with Gasteiger partial charge in [-0.3, -0.25) is 9.59 Å². The van der Waals surface area contributed by atoms with E-state index in [4.69, 9.17) is 28.3 Å². The summed E-state index contributed by atoms with van der Waals surface area (Å²) in [5, 5.41) is 11.9. The first-order chi connectivity index (χ1) is 9.79. The molecule has 1 aromatic heterocycles. The third-order valence-electron chi connectivity index (χ3n) is 2.85. The number of aliphatic carboxylic acids is 1. The number of carbonyl (C=O) groups excluding carboxylic acids is 1. The largest absolute Gasteiger partial charge is 0.481 e. The van der Waals surface area contributed by atoms with E-state index in [2.05, 4.69) is 10.3 Å². The van der Waals surface area contributed by atoms with E-state index in [9.17, 15) is 9.59 Å². The molecule has 0 aliphatic rings. The topological polar surface area (TPSA) is 79.3 Å². The van der Waals surface area contributed by atoms with Gasteiger partial charge in [0.2, 0.25) is 0 Å². The van der Waals surface area contributed by atoms with Gasteiger partial charge in [0, 0.05) is 13.0 Å². The number of carboxylic acids is 1. The van der Waals surface area contributed by atoms with E-state index < -0.39 is 11.9 Å². The number of halogens is 2. The molecule has 0 radical (unpaired) electrons. The Balaban J connectivity index is 2.68. The van der Waals surface area contributed by atoms with Crippen molar-refractivity contribution in [2.45, 2.75) is 26.7 Å². The highest BCUT2D eigenvalue weighted by atomic mass is 35.5. The minimum atomic E-state index is -0.881. The van der Waals surface area contributed by atoms with Gasteiger partial charge in [-0.15, -0.1) is 0 Å². The van der Waals surface area contributed by atoms with Crippen molar-refractivity contribution in [3.05, 3.63) is 28.0 Å². The van der Waals surface area contributed by atoms with Gasteiger partial charge in [0.25, 0.3) is 5.91 Å². The average Bonchev–Trinajstić information content (AvgIpc) is 2.37. The molecule has 0 saturated heterocycles. The van der Waals surface area contributed by atoms with Crippen LogP contribution in [0.15, 0.2) is 12.1 Å². The van der Waals surface area contributed by atoms with Crippen LogP contribution in [-0.2, 0) is 4.79 Å². The monoisotopic (exact) mass is 332 g/mol. The smallest absolute Gasteiger partial charge is 0.303 e. The van der Waals surface area contributed by atoms with Crippen LogP contribution in [0.1, 0.15) is 37.2 Å².